The number of methoxy groups -OCH3 is 2. The minimum atomic E-state index is -0.873. The highest BCUT2D eigenvalue weighted by Crippen LogP contribution is 2.35. The Bertz CT molecular complexity index is 931. The van der Waals surface area contributed by atoms with Crippen molar-refractivity contribution in [2.75, 3.05) is 32.2 Å². The van der Waals surface area contributed by atoms with Crippen LogP contribution in [-0.2, 0) is 11.3 Å². The minimum absolute atomic E-state index is 0.0749. The Kier molecular flexibility index (Phi) is 5.81. The highest BCUT2D eigenvalue weighted by molar-refractivity contribution is 5.78. The molecule has 1 unspecified atom stereocenters. The Morgan fingerprint density at radius 2 is 1.97 bits per heavy atom. The third-order valence-electron chi connectivity index (χ3n) is 5.82. The molecule has 6 nitrogen and oxygen atoms in total. The normalized spacial score (nSPS) is 17.8. The number of carbonyl (C=O) groups excluding carboxylic acids is 1. The van der Waals surface area contributed by atoms with Crippen molar-refractivity contribution in [2.24, 2.45) is 0 Å². The Balaban J connectivity index is 1.64. The van der Waals surface area contributed by atoms with E-state index in [4.69, 9.17) is 9.47 Å². The predicted molar refractivity (Wildman–Crippen MR) is 111 cm³/mol. The number of rotatable bonds is 6. The molecule has 4 rings (SSSR count). The molecule has 1 aliphatic heterocycles. The van der Waals surface area contributed by atoms with Gasteiger partial charge in [-0.2, -0.15) is 0 Å². The van der Waals surface area contributed by atoms with E-state index in [2.05, 4.69) is 0 Å². The molecule has 1 atom stereocenters. The highest BCUT2D eigenvalue weighted by Gasteiger charge is 2.34. The number of β-amino-alcohol motifs (C(OH)–C–C–N with tert-alkyl or cyclic N) is 1. The molecular weight excluding hydrogens is 387 g/mol. The van der Waals surface area contributed by atoms with Crippen molar-refractivity contribution >= 4 is 11.6 Å². The molecule has 1 saturated carbocycles. The fourth-order valence-electron chi connectivity index (χ4n) is 4.07. The molecule has 0 radical (unpaired) electrons. The van der Waals surface area contributed by atoms with Crippen LogP contribution in [0.1, 0.15) is 36.5 Å². The zero-order valence-electron chi connectivity index (χ0n) is 17.3. The third kappa shape index (κ3) is 4.21. The largest absolute Gasteiger partial charge is 0.497 e. The molecule has 0 bridgehead atoms. The number of halogens is 1. The number of aliphatic hydroxyl groups excluding tert-OH is 1. The Hall–Kier alpha value is -2.80. The summed E-state index contributed by atoms with van der Waals surface area (Å²) in [6.45, 7) is 1.09. The first-order valence-electron chi connectivity index (χ1n) is 10.2. The van der Waals surface area contributed by atoms with Crippen LogP contribution in [0.4, 0.5) is 10.1 Å². The van der Waals surface area contributed by atoms with E-state index in [1.54, 1.807) is 38.5 Å². The van der Waals surface area contributed by atoms with Gasteiger partial charge in [0.25, 0.3) is 0 Å². The van der Waals surface area contributed by atoms with Crippen LogP contribution in [0.5, 0.6) is 11.5 Å². The third-order valence-corrected chi connectivity index (χ3v) is 5.82. The van der Waals surface area contributed by atoms with Crippen molar-refractivity contribution in [1.82, 2.24) is 4.90 Å². The number of hydrogen-bond acceptors (Lipinski definition) is 5. The monoisotopic (exact) mass is 414 g/mol. The van der Waals surface area contributed by atoms with Crippen molar-refractivity contribution < 1.29 is 23.8 Å². The summed E-state index contributed by atoms with van der Waals surface area (Å²) in [7, 11) is 3.12. The molecule has 0 saturated heterocycles. The zero-order valence-corrected chi connectivity index (χ0v) is 17.3. The van der Waals surface area contributed by atoms with Crippen LogP contribution in [0, 0.1) is 5.82 Å². The predicted octanol–water partition coefficient (Wildman–Crippen LogP) is 3.28. The maximum atomic E-state index is 14.0. The van der Waals surface area contributed by atoms with Crippen molar-refractivity contribution in [3.63, 3.8) is 0 Å². The van der Waals surface area contributed by atoms with Crippen molar-refractivity contribution in [3.05, 3.63) is 53.3 Å². The molecule has 2 aliphatic rings. The zero-order chi connectivity index (χ0) is 21.3. The van der Waals surface area contributed by atoms with Crippen LogP contribution in [0.3, 0.4) is 0 Å². The van der Waals surface area contributed by atoms with Crippen molar-refractivity contribution in [3.8, 4) is 11.5 Å². The first-order valence-corrected chi connectivity index (χ1v) is 10.2. The van der Waals surface area contributed by atoms with Crippen LogP contribution in [0.15, 0.2) is 36.4 Å². The molecule has 7 heteroatoms. The van der Waals surface area contributed by atoms with Gasteiger partial charge in [0, 0.05) is 43.3 Å². The lowest BCUT2D eigenvalue weighted by molar-refractivity contribution is -0.132. The number of fused-ring (bicyclic) bond motifs is 1. The first kappa shape index (κ1) is 20.5. The number of amides is 1. The Morgan fingerprint density at radius 3 is 2.67 bits per heavy atom. The van der Waals surface area contributed by atoms with Gasteiger partial charge in [-0.25, -0.2) is 4.39 Å². The molecule has 160 valence electrons. The quantitative estimate of drug-likeness (QED) is 0.786. The summed E-state index contributed by atoms with van der Waals surface area (Å²) in [5.74, 6) is 0.930. The van der Waals surface area contributed by atoms with Gasteiger partial charge in [-0.15, -0.1) is 0 Å². The van der Waals surface area contributed by atoms with Gasteiger partial charge in [-0.1, -0.05) is 0 Å². The lowest BCUT2D eigenvalue weighted by Gasteiger charge is -2.34. The molecule has 0 aromatic heterocycles. The van der Waals surface area contributed by atoms with Gasteiger partial charge >= 0.3 is 0 Å². The molecular formula is C23H27FN2O4. The lowest BCUT2D eigenvalue weighted by Crippen LogP contribution is -2.40. The van der Waals surface area contributed by atoms with E-state index in [0.29, 0.717) is 36.6 Å². The standard InChI is InChI=1S/C23H27FN2O4/c1-29-18-6-8-22(30-2)19(12-18)21(27)14-25-10-9-23(28)26(17-4-5-17)13-15-11-16(24)3-7-20(15)25/h3,6-8,11-12,17,21,27H,4-5,9-10,13-14H2,1-2H3. The summed E-state index contributed by atoms with van der Waals surface area (Å²) in [5.41, 5.74) is 2.21. The molecule has 1 amide bonds. The van der Waals surface area contributed by atoms with E-state index in [0.717, 1.165) is 24.1 Å². The second kappa shape index (κ2) is 8.52. The molecule has 1 heterocycles. The molecule has 30 heavy (non-hydrogen) atoms. The van der Waals surface area contributed by atoms with Crippen LogP contribution < -0.4 is 14.4 Å². The number of ether oxygens (including phenoxy) is 2. The maximum absolute atomic E-state index is 14.0. The van der Waals surface area contributed by atoms with Gasteiger partial charge in [-0.3, -0.25) is 4.79 Å². The van der Waals surface area contributed by atoms with Crippen molar-refractivity contribution in [2.45, 2.75) is 38.0 Å². The van der Waals surface area contributed by atoms with Crippen LogP contribution in [-0.4, -0.2) is 49.3 Å². The maximum Gasteiger partial charge on any atom is 0.224 e. The van der Waals surface area contributed by atoms with E-state index in [1.807, 2.05) is 9.80 Å². The summed E-state index contributed by atoms with van der Waals surface area (Å²) < 4.78 is 24.7. The number of aliphatic hydroxyl groups is 1. The fourth-order valence-corrected chi connectivity index (χ4v) is 4.07. The van der Waals surface area contributed by atoms with E-state index in [-0.39, 0.29) is 24.3 Å². The van der Waals surface area contributed by atoms with Gasteiger partial charge in [0.15, 0.2) is 0 Å². The second-order valence-corrected chi connectivity index (χ2v) is 7.85. The molecule has 1 aliphatic carbocycles. The number of hydrogen-bond donors (Lipinski definition) is 1. The fraction of sp³-hybridized carbons (Fsp3) is 0.435. The molecule has 2 aromatic carbocycles. The van der Waals surface area contributed by atoms with Crippen LogP contribution in [0.25, 0.3) is 0 Å². The average molecular weight is 414 g/mol. The number of benzene rings is 2. The summed E-state index contributed by atoms with van der Waals surface area (Å²) in [6, 6.07) is 10.2. The van der Waals surface area contributed by atoms with E-state index in [1.165, 1.54) is 12.1 Å². The van der Waals surface area contributed by atoms with Gasteiger partial charge < -0.3 is 24.4 Å². The molecule has 0 spiro atoms. The van der Waals surface area contributed by atoms with E-state index < -0.39 is 6.10 Å². The Morgan fingerprint density at radius 1 is 1.17 bits per heavy atom. The number of nitrogens with zero attached hydrogens (tertiary/aromatic N) is 2. The molecule has 1 N–H and O–H groups in total. The first-order chi connectivity index (χ1) is 14.5. The summed E-state index contributed by atoms with van der Waals surface area (Å²) in [4.78, 5) is 16.6. The minimum Gasteiger partial charge on any atom is -0.497 e. The summed E-state index contributed by atoms with van der Waals surface area (Å²) in [5, 5.41) is 11.0. The van der Waals surface area contributed by atoms with Gasteiger partial charge in [-0.05, 0) is 54.8 Å². The number of carbonyl (C=O) groups is 1. The summed E-state index contributed by atoms with van der Waals surface area (Å²) in [6.07, 6.45) is 1.50. The molecule has 1 fully saturated rings. The van der Waals surface area contributed by atoms with Gasteiger partial charge in [0.1, 0.15) is 23.4 Å². The summed E-state index contributed by atoms with van der Waals surface area (Å²) >= 11 is 0. The SMILES string of the molecule is COc1ccc(OC)c(C(O)CN2CCC(=O)N(C3CC3)Cc3cc(F)ccc32)c1. The van der Waals surface area contributed by atoms with E-state index in [9.17, 15) is 14.3 Å². The van der Waals surface area contributed by atoms with Crippen LogP contribution >= 0.6 is 0 Å². The average Bonchev–Trinajstić information content (AvgIpc) is 3.58. The Labute approximate surface area is 175 Å². The van der Waals surface area contributed by atoms with Gasteiger partial charge in [0.2, 0.25) is 5.91 Å². The topological polar surface area (TPSA) is 62.2 Å². The lowest BCUT2D eigenvalue weighted by atomic mass is 10.0. The van der Waals surface area contributed by atoms with Gasteiger partial charge in [0.05, 0.1) is 14.2 Å². The van der Waals surface area contributed by atoms with Crippen molar-refractivity contribution in [1.29, 1.82) is 0 Å². The number of anilines is 1. The second-order valence-electron chi connectivity index (χ2n) is 7.85. The van der Waals surface area contributed by atoms with Crippen LogP contribution in [0.2, 0.25) is 0 Å². The van der Waals surface area contributed by atoms with E-state index >= 15 is 0 Å². The molecule has 2 aromatic rings. The smallest absolute Gasteiger partial charge is 0.224 e. The highest BCUT2D eigenvalue weighted by atomic mass is 19.1.